The van der Waals surface area contributed by atoms with Crippen molar-refractivity contribution in [2.24, 2.45) is 5.73 Å². The third-order valence-corrected chi connectivity index (χ3v) is 3.51. The van der Waals surface area contributed by atoms with Crippen LogP contribution < -0.4 is 11.1 Å². The molecule has 2 heterocycles. The van der Waals surface area contributed by atoms with Gasteiger partial charge in [0.05, 0.1) is 23.7 Å². The molecule has 1 aliphatic rings. The molecule has 6 nitrogen and oxygen atoms in total. The van der Waals surface area contributed by atoms with E-state index in [2.05, 4.69) is 27.4 Å². The average molecular weight is 282 g/mol. The number of imide groups is 1. The Morgan fingerprint density at radius 3 is 3.00 bits per heavy atom. The summed E-state index contributed by atoms with van der Waals surface area (Å²) < 4.78 is 0. The number of hydrogen-bond donors (Lipinski definition) is 3. The maximum atomic E-state index is 12.0. The molecule has 3 rings (SSSR count). The van der Waals surface area contributed by atoms with E-state index in [0.717, 1.165) is 22.2 Å². The Labute approximate surface area is 121 Å². The number of amides is 2. The van der Waals surface area contributed by atoms with Gasteiger partial charge in [-0.2, -0.15) is 5.10 Å². The van der Waals surface area contributed by atoms with E-state index in [1.165, 1.54) is 0 Å². The Kier molecular flexibility index (Phi) is 3.42. The molecule has 1 aromatic heterocycles. The number of rotatable bonds is 1. The number of aromatic amines is 1. The summed E-state index contributed by atoms with van der Waals surface area (Å²) in [4.78, 5) is 23.2. The molecular formula is C15H14N4O2. The van der Waals surface area contributed by atoms with Crippen LogP contribution in [0.5, 0.6) is 0 Å². The predicted molar refractivity (Wildman–Crippen MR) is 77.2 cm³/mol. The van der Waals surface area contributed by atoms with Crippen molar-refractivity contribution in [1.29, 1.82) is 0 Å². The van der Waals surface area contributed by atoms with Gasteiger partial charge in [0.1, 0.15) is 0 Å². The van der Waals surface area contributed by atoms with Crippen LogP contribution >= 0.6 is 0 Å². The molecule has 1 fully saturated rings. The molecule has 0 aliphatic carbocycles. The summed E-state index contributed by atoms with van der Waals surface area (Å²) >= 11 is 0. The molecule has 0 spiro atoms. The van der Waals surface area contributed by atoms with Gasteiger partial charge in [0.25, 0.3) is 0 Å². The van der Waals surface area contributed by atoms with Gasteiger partial charge in [-0.25, -0.2) is 0 Å². The first-order chi connectivity index (χ1) is 10.2. The van der Waals surface area contributed by atoms with Crippen LogP contribution in [0.3, 0.4) is 0 Å². The SMILES string of the molecule is NCC#Cc1ccc2n[nH]c(C3CCC(=O)NC3=O)c2c1. The van der Waals surface area contributed by atoms with Gasteiger partial charge in [0.15, 0.2) is 0 Å². The summed E-state index contributed by atoms with van der Waals surface area (Å²) in [5.74, 6) is 4.87. The Hall–Kier alpha value is -2.65. The van der Waals surface area contributed by atoms with Gasteiger partial charge in [0, 0.05) is 17.4 Å². The highest BCUT2D eigenvalue weighted by Crippen LogP contribution is 2.29. The molecule has 2 amide bonds. The highest BCUT2D eigenvalue weighted by Gasteiger charge is 2.30. The number of H-pyrrole nitrogens is 1. The lowest BCUT2D eigenvalue weighted by Crippen LogP contribution is -2.39. The van der Waals surface area contributed by atoms with E-state index in [1.807, 2.05) is 18.2 Å². The molecule has 1 aliphatic heterocycles. The first-order valence-corrected chi connectivity index (χ1v) is 6.69. The lowest BCUT2D eigenvalue weighted by atomic mass is 9.92. The normalized spacial score (nSPS) is 18.2. The minimum atomic E-state index is -0.384. The molecule has 2 aromatic rings. The summed E-state index contributed by atoms with van der Waals surface area (Å²) in [6.07, 6.45) is 0.824. The number of benzene rings is 1. The zero-order valence-corrected chi connectivity index (χ0v) is 11.3. The molecule has 106 valence electrons. The van der Waals surface area contributed by atoms with Crippen LogP contribution in [-0.2, 0) is 9.59 Å². The minimum Gasteiger partial charge on any atom is -0.320 e. The van der Waals surface area contributed by atoms with Crippen molar-refractivity contribution < 1.29 is 9.59 Å². The van der Waals surface area contributed by atoms with Crippen molar-refractivity contribution in [1.82, 2.24) is 15.5 Å². The number of fused-ring (bicyclic) bond motifs is 1. The summed E-state index contributed by atoms with van der Waals surface area (Å²) in [7, 11) is 0. The van der Waals surface area contributed by atoms with Crippen LogP contribution in [0.15, 0.2) is 18.2 Å². The maximum absolute atomic E-state index is 12.0. The van der Waals surface area contributed by atoms with Crippen molar-refractivity contribution in [3.63, 3.8) is 0 Å². The summed E-state index contributed by atoms with van der Waals surface area (Å²) in [6.45, 7) is 0.295. The number of piperidine rings is 1. The fourth-order valence-corrected chi connectivity index (χ4v) is 2.50. The van der Waals surface area contributed by atoms with Crippen molar-refractivity contribution in [2.45, 2.75) is 18.8 Å². The highest BCUT2D eigenvalue weighted by molar-refractivity contribution is 6.02. The summed E-state index contributed by atoms with van der Waals surface area (Å²) in [5, 5.41) is 10.3. The number of nitrogens with one attached hydrogen (secondary N) is 2. The maximum Gasteiger partial charge on any atom is 0.235 e. The highest BCUT2D eigenvalue weighted by atomic mass is 16.2. The lowest BCUT2D eigenvalue weighted by Gasteiger charge is -2.19. The van der Waals surface area contributed by atoms with Crippen LogP contribution in [0, 0.1) is 11.8 Å². The van der Waals surface area contributed by atoms with Crippen molar-refractivity contribution >= 4 is 22.7 Å². The Bertz CT molecular complexity index is 782. The summed E-state index contributed by atoms with van der Waals surface area (Å²) in [6, 6.07) is 5.60. The van der Waals surface area contributed by atoms with Crippen molar-refractivity contribution in [2.75, 3.05) is 6.54 Å². The fraction of sp³-hybridized carbons (Fsp3) is 0.267. The van der Waals surface area contributed by atoms with Gasteiger partial charge in [0.2, 0.25) is 11.8 Å². The van der Waals surface area contributed by atoms with Gasteiger partial charge in [-0.1, -0.05) is 11.8 Å². The van der Waals surface area contributed by atoms with Gasteiger partial charge < -0.3 is 5.73 Å². The molecular weight excluding hydrogens is 268 g/mol. The first-order valence-electron chi connectivity index (χ1n) is 6.69. The second kappa shape index (κ2) is 5.38. The quantitative estimate of drug-likeness (QED) is 0.520. The predicted octanol–water partition coefficient (Wildman–Crippen LogP) is 0.393. The standard InChI is InChI=1S/C15H14N4O2/c16-7-1-2-9-3-5-12-11(8-9)14(19-18-12)10-4-6-13(20)17-15(10)21/h3,5,8,10H,4,6-7,16H2,(H,18,19)(H,17,20,21). The van der Waals surface area contributed by atoms with Crippen LogP contribution in [0.4, 0.5) is 0 Å². The van der Waals surface area contributed by atoms with Gasteiger partial charge in [-0.15, -0.1) is 0 Å². The minimum absolute atomic E-state index is 0.227. The molecule has 0 bridgehead atoms. The molecule has 4 N–H and O–H groups in total. The summed E-state index contributed by atoms with van der Waals surface area (Å²) in [5.41, 5.74) is 7.69. The fourth-order valence-electron chi connectivity index (χ4n) is 2.50. The van der Waals surface area contributed by atoms with E-state index in [0.29, 0.717) is 19.4 Å². The average Bonchev–Trinajstić information content (AvgIpc) is 2.88. The van der Waals surface area contributed by atoms with Crippen molar-refractivity contribution in [3.05, 3.63) is 29.5 Å². The molecule has 21 heavy (non-hydrogen) atoms. The van der Waals surface area contributed by atoms with Crippen LogP contribution in [0.2, 0.25) is 0 Å². The molecule has 1 aromatic carbocycles. The molecule has 0 saturated carbocycles. The number of nitrogens with two attached hydrogens (primary N) is 1. The zero-order chi connectivity index (χ0) is 14.8. The van der Waals surface area contributed by atoms with Gasteiger partial charge in [-0.05, 0) is 24.6 Å². The van der Waals surface area contributed by atoms with Gasteiger partial charge in [-0.3, -0.25) is 20.0 Å². The van der Waals surface area contributed by atoms with E-state index in [-0.39, 0.29) is 17.7 Å². The van der Waals surface area contributed by atoms with E-state index in [4.69, 9.17) is 5.73 Å². The number of nitrogens with zero attached hydrogens (tertiary/aromatic N) is 1. The molecule has 0 radical (unpaired) electrons. The third-order valence-electron chi connectivity index (χ3n) is 3.51. The smallest absolute Gasteiger partial charge is 0.235 e. The molecule has 1 saturated heterocycles. The number of aromatic nitrogens is 2. The van der Waals surface area contributed by atoms with E-state index in [1.54, 1.807) is 0 Å². The molecule has 6 heteroatoms. The van der Waals surface area contributed by atoms with E-state index >= 15 is 0 Å². The number of carbonyl (C=O) groups excluding carboxylic acids is 2. The van der Waals surface area contributed by atoms with Crippen LogP contribution in [-0.4, -0.2) is 28.6 Å². The van der Waals surface area contributed by atoms with Crippen LogP contribution in [0.25, 0.3) is 10.9 Å². The van der Waals surface area contributed by atoms with Crippen molar-refractivity contribution in [3.8, 4) is 11.8 Å². The zero-order valence-electron chi connectivity index (χ0n) is 11.3. The number of carbonyl (C=O) groups is 2. The number of hydrogen-bond acceptors (Lipinski definition) is 4. The Morgan fingerprint density at radius 2 is 2.24 bits per heavy atom. The van der Waals surface area contributed by atoms with Crippen LogP contribution in [0.1, 0.15) is 30.0 Å². The second-order valence-corrected chi connectivity index (χ2v) is 4.88. The lowest BCUT2D eigenvalue weighted by molar-refractivity contribution is -0.134. The Balaban J connectivity index is 2.02. The third kappa shape index (κ3) is 2.51. The molecule has 1 atom stereocenters. The molecule has 1 unspecified atom stereocenters. The monoisotopic (exact) mass is 282 g/mol. The topological polar surface area (TPSA) is 101 Å². The first kappa shape index (κ1) is 13.3. The largest absolute Gasteiger partial charge is 0.320 e. The van der Waals surface area contributed by atoms with E-state index < -0.39 is 0 Å². The Morgan fingerprint density at radius 1 is 1.38 bits per heavy atom. The van der Waals surface area contributed by atoms with E-state index in [9.17, 15) is 9.59 Å². The van der Waals surface area contributed by atoms with Gasteiger partial charge >= 0.3 is 0 Å². The second-order valence-electron chi connectivity index (χ2n) is 4.88.